The van der Waals surface area contributed by atoms with Crippen LogP contribution < -0.4 is 4.74 Å². The highest BCUT2D eigenvalue weighted by atomic mass is 16.5. The van der Waals surface area contributed by atoms with Gasteiger partial charge >= 0.3 is 0 Å². The van der Waals surface area contributed by atoms with Crippen LogP contribution in [0.5, 0.6) is 11.5 Å². The van der Waals surface area contributed by atoms with Crippen molar-refractivity contribution in [1.29, 1.82) is 0 Å². The molecule has 15 rings (SSSR count). The van der Waals surface area contributed by atoms with E-state index in [-0.39, 0.29) is 5.41 Å². The normalized spacial score (nSPS) is 25.1. The molecule has 6 aliphatic carbocycles. The summed E-state index contributed by atoms with van der Waals surface area (Å²) in [6, 6.07) is 48.0. The highest BCUT2D eigenvalue weighted by molar-refractivity contribution is 6.06. The van der Waals surface area contributed by atoms with Crippen molar-refractivity contribution in [2.24, 2.45) is 17.8 Å². The minimum absolute atomic E-state index is 0.148. The maximum atomic E-state index is 6.84. The van der Waals surface area contributed by atoms with E-state index in [9.17, 15) is 0 Å². The van der Waals surface area contributed by atoms with E-state index in [1.54, 1.807) is 0 Å². The van der Waals surface area contributed by atoms with Crippen LogP contribution in [-0.4, -0.2) is 15.0 Å². The molecule has 300 valence electrons. The first kappa shape index (κ1) is 35.1. The van der Waals surface area contributed by atoms with Crippen LogP contribution >= 0.6 is 0 Å². The molecule has 5 atom stereocenters. The van der Waals surface area contributed by atoms with Gasteiger partial charge in [0.05, 0.1) is 5.41 Å². The standard InChI is InChI=1S/C57H45N3O2/c1-6-16-45-39(11-1)40-12-2-7-17-46(40)57(45)47-18-8-10-20-51(47)62-52-24-22-38(31-48(52)57)54-58-53(37-21-23-50-43(30-37)41-13-4-9-19-49(41)61-50)59-55(60-54)42-14-3-5-15-44(42)56-26-25-34-27-35(32-56)29-36(28-34)33-56/h1-6,8-16,18-24,30-31,34-36H,7,17,25-29,32-33H2/t34?,35-,36?,56?,57?/m1/s1. The summed E-state index contributed by atoms with van der Waals surface area (Å²) in [6.45, 7) is 0. The molecule has 62 heavy (non-hydrogen) atoms. The summed E-state index contributed by atoms with van der Waals surface area (Å²) in [5.74, 6) is 6.37. The average Bonchev–Trinajstić information content (AvgIpc) is 3.75. The largest absolute Gasteiger partial charge is 0.457 e. The summed E-state index contributed by atoms with van der Waals surface area (Å²) < 4.78 is 13.1. The Morgan fingerprint density at radius 2 is 1.19 bits per heavy atom. The Labute approximate surface area is 361 Å². The molecule has 7 aliphatic rings. The molecule has 5 heteroatoms. The second-order valence-corrected chi connectivity index (χ2v) is 19.1. The zero-order valence-corrected chi connectivity index (χ0v) is 34.6. The lowest BCUT2D eigenvalue weighted by molar-refractivity contribution is 0.113. The predicted octanol–water partition coefficient (Wildman–Crippen LogP) is 14.2. The van der Waals surface area contributed by atoms with E-state index < -0.39 is 5.41 Å². The summed E-state index contributed by atoms with van der Waals surface area (Å²) in [4.78, 5) is 16.4. The van der Waals surface area contributed by atoms with Gasteiger partial charge < -0.3 is 9.15 Å². The Kier molecular flexibility index (Phi) is 7.33. The SMILES string of the molecule is C1=CC2=C(CC1)C1(c3ccccc3Oc3ccc(-c4nc(-c5ccc6oc7ccccc7c6c5)nc(-c5ccccc5C56CCC7CC(C[C@@H](C7)C5)C6)n4)cc31)c1ccccc12. The molecular weight excluding hydrogens is 759 g/mol. The first-order valence-electron chi connectivity index (χ1n) is 22.8. The third kappa shape index (κ3) is 4.94. The van der Waals surface area contributed by atoms with Gasteiger partial charge in [0.25, 0.3) is 0 Å². The second kappa shape index (κ2) is 13.0. The number of furan rings is 1. The number of rotatable bonds is 4. The van der Waals surface area contributed by atoms with Gasteiger partial charge in [-0.2, -0.15) is 0 Å². The molecule has 6 aromatic carbocycles. The lowest BCUT2D eigenvalue weighted by Crippen LogP contribution is -2.37. The first-order valence-corrected chi connectivity index (χ1v) is 22.8. The topological polar surface area (TPSA) is 61.0 Å². The number of nitrogens with zero attached hydrogens (tertiary/aromatic N) is 3. The van der Waals surface area contributed by atoms with Gasteiger partial charge in [-0.05, 0) is 157 Å². The number of ether oxygens (including phenoxy) is 1. The molecule has 1 spiro atoms. The van der Waals surface area contributed by atoms with Crippen molar-refractivity contribution in [2.45, 2.75) is 68.6 Å². The van der Waals surface area contributed by atoms with E-state index in [2.05, 4.69) is 133 Å². The maximum Gasteiger partial charge on any atom is 0.164 e. The van der Waals surface area contributed by atoms with Crippen molar-refractivity contribution in [3.05, 3.63) is 179 Å². The number of aromatic nitrogens is 3. The second-order valence-electron chi connectivity index (χ2n) is 19.1. The van der Waals surface area contributed by atoms with Gasteiger partial charge in [0, 0.05) is 38.6 Å². The molecule has 0 N–H and O–H groups in total. The molecule has 1 aliphatic heterocycles. The average molecular weight is 804 g/mol. The quantitative estimate of drug-likeness (QED) is 0.177. The molecule has 4 saturated carbocycles. The molecule has 5 nitrogen and oxygen atoms in total. The van der Waals surface area contributed by atoms with Gasteiger partial charge in [0.2, 0.25) is 0 Å². The van der Waals surface area contributed by atoms with Crippen LogP contribution in [-0.2, 0) is 10.8 Å². The Morgan fingerprint density at radius 1 is 0.532 bits per heavy atom. The summed E-state index contributed by atoms with van der Waals surface area (Å²) in [5, 5.41) is 2.15. The predicted molar refractivity (Wildman–Crippen MR) is 246 cm³/mol. The third-order valence-electron chi connectivity index (χ3n) is 15.8. The fraction of sp³-hybridized carbons (Fsp3) is 0.246. The van der Waals surface area contributed by atoms with E-state index in [1.165, 1.54) is 78.3 Å². The van der Waals surface area contributed by atoms with Crippen molar-refractivity contribution >= 4 is 27.5 Å². The molecule has 2 aromatic heterocycles. The van der Waals surface area contributed by atoms with Gasteiger partial charge in [-0.25, -0.2) is 15.0 Å². The molecule has 3 heterocycles. The minimum atomic E-state index is -0.508. The molecular formula is C57H45N3O2. The number of benzene rings is 6. The van der Waals surface area contributed by atoms with Crippen molar-refractivity contribution < 1.29 is 9.15 Å². The van der Waals surface area contributed by atoms with Crippen molar-refractivity contribution in [3.8, 4) is 45.7 Å². The molecule has 0 radical (unpaired) electrons. The molecule has 4 fully saturated rings. The van der Waals surface area contributed by atoms with E-state index in [0.717, 1.165) is 92.1 Å². The van der Waals surface area contributed by atoms with Gasteiger partial charge in [0.1, 0.15) is 22.7 Å². The highest BCUT2D eigenvalue weighted by Gasteiger charge is 2.52. The van der Waals surface area contributed by atoms with Gasteiger partial charge in [0.15, 0.2) is 17.5 Å². The van der Waals surface area contributed by atoms with Crippen LogP contribution in [0.25, 0.3) is 61.7 Å². The monoisotopic (exact) mass is 803 g/mol. The van der Waals surface area contributed by atoms with Gasteiger partial charge in [-0.1, -0.05) is 97.1 Å². The van der Waals surface area contributed by atoms with E-state index >= 15 is 0 Å². The van der Waals surface area contributed by atoms with Gasteiger partial charge in [-0.3, -0.25) is 0 Å². The summed E-state index contributed by atoms with van der Waals surface area (Å²) in [7, 11) is 0. The molecule has 4 bridgehead atoms. The summed E-state index contributed by atoms with van der Waals surface area (Å²) in [6.07, 6.45) is 16.0. The van der Waals surface area contributed by atoms with Crippen LogP contribution in [0, 0.1) is 17.8 Å². The number of allylic oxidation sites excluding steroid dienone is 4. The zero-order chi connectivity index (χ0) is 40.6. The van der Waals surface area contributed by atoms with Gasteiger partial charge in [-0.15, -0.1) is 0 Å². The summed E-state index contributed by atoms with van der Waals surface area (Å²) in [5.41, 5.74) is 13.6. The minimum Gasteiger partial charge on any atom is -0.457 e. The van der Waals surface area contributed by atoms with E-state index in [4.69, 9.17) is 24.1 Å². The number of para-hydroxylation sites is 2. The lowest BCUT2D eigenvalue weighted by atomic mass is 9.59. The number of fused-ring (bicyclic) bond motifs is 12. The highest BCUT2D eigenvalue weighted by Crippen LogP contribution is 2.63. The zero-order valence-electron chi connectivity index (χ0n) is 34.6. The third-order valence-corrected chi connectivity index (χ3v) is 15.8. The van der Waals surface area contributed by atoms with Crippen molar-refractivity contribution in [2.75, 3.05) is 0 Å². The Balaban J connectivity index is 1.000. The Morgan fingerprint density at radius 3 is 2.06 bits per heavy atom. The van der Waals surface area contributed by atoms with Crippen LogP contribution in [0.15, 0.2) is 156 Å². The van der Waals surface area contributed by atoms with Crippen LogP contribution in [0.3, 0.4) is 0 Å². The van der Waals surface area contributed by atoms with Crippen LogP contribution in [0.2, 0.25) is 0 Å². The molecule has 0 amide bonds. The summed E-state index contributed by atoms with van der Waals surface area (Å²) >= 11 is 0. The van der Waals surface area contributed by atoms with Crippen molar-refractivity contribution in [1.82, 2.24) is 15.0 Å². The first-order chi connectivity index (χ1) is 30.6. The van der Waals surface area contributed by atoms with Crippen molar-refractivity contribution in [3.63, 3.8) is 0 Å². The van der Waals surface area contributed by atoms with E-state index in [0.29, 0.717) is 11.6 Å². The van der Waals surface area contributed by atoms with Crippen LogP contribution in [0.1, 0.15) is 85.6 Å². The van der Waals surface area contributed by atoms with Crippen LogP contribution in [0.4, 0.5) is 0 Å². The maximum absolute atomic E-state index is 6.84. The number of hydrogen-bond acceptors (Lipinski definition) is 5. The molecule has 0 saturated heterocycles. The lowest BCUT2D eigenvalue weighted by Gasteiger charge is -2.46. The Bertz CT molecular complexity index is 3250. The molecule has 8 aromatic rings. The molecule has 4 unspecified atom stereocenters. The fourth-order valence-corrected chi connectivity index (χ4v) is 13.6. The smallest absolute Gasteiger partial charge is 0.164 e. The number of hydrogen-bond donors (Lipinski definition) is 0. The fourth-order valence-electron chi connectivity index (χ4n) is 13.6. The Hall–Kier alpha value is -6.59. The van der Waals surface area contributed by atoms with E-state index in [1.807, 2.05) is 12.1 Å².